The second kappa shape index (κ2) is 8.81. The van der Waals surface area contributed by atoms with Gasteiger partial charge in [0.25, 0.3) is 5.24 Å². The lowest BCUT2D eigenvalue weighted by atomic mass is 10.00. The van der Waals surface area contributed by atoms with Gasteiger partial charge in [0, 0.05) is 11.1 Å². The third-order valence-electron chi connectivity index (χ3n) is 4.45. The van der Waals surface area contributed by atoms with Gasteiger partial charge in [-0.1, -0.05) is 79.2 Å². The van der Waals surface area contributed by atoms with Gasteiger partial charge in [0.05, 0.1) is 5.25 Å². The largest absolute Gasteiger partial charge is 0.289 e. The Bertz CT molecular complexity index is 787. The molecule has 0 spiro atoms. The van der Waals surface area contributed by atoms with E-state index in [0.717, 1.165) is 43.9 Å². The lowest BCUT2D eigenvalue weighted by molar-refractivity contribution is -0.119. The van der Waals surface area contributed by atoms with E-state index in [-0.39, 0.29) is 22.2 Å². The van der Waals surface area contributed by atoms with Crippen molar-refractivity contribution in [3.63, 3.8) is 0 Å². The zero-order valence-corrected chi connectivity index (χ0v) is 15.3. The van der Waals surface area contributed by atoms with E-state index in [1.165, 1.54) is 5.56 Å². The summed E-state index contributed by atoms with van der Waals surface area (Å²) in [6.07, 6.45) is 4.67. The van der Waals surface area contributed by atoms with Gasteiger partial charge in [-0.15, -0.1) is 0 Å². The van der Waals surface area contributed by atoms with Crippen LogP contribution in [0.15, 0.2) is 54.6 Å². The second-order valence-corrected chi connectivity index (χ2v) is 7.55. The fourth-order valence-electron chi connectivity index (χ4n) is 3.00. The van der Waals surface area contributed by atoms with Gasteiger partial charge in [0.2, 0.25) is 5.91 Å². The molecule has 1 fully saturated rings. The highest BCUT2D eigenvalue weighted by atomic mass is 32.2. The van der Waals surface area contributed by atoms with Gasteiger partial charge in [-0.3, -0.25) is 19.7 Å². The van der Waals surface area contributed by atoms with Crippen LogP contribution in [0.3, 0.4) is 0 Å². The van der Waals surface area contributed by atoms with E-state index < -0.39 is 0 Å². The predicted octanol–water partition coefficient (Wildman–Crippen LogP) is 4.37. The average molecular weight is 367 g/mol. The van der Waals surface area contributed by atoms with Gasteiger partial charge in [-0.25, -0.2) is 0 Å². The number of carbonyl (C=O) groups excluding carboxylic acids is 3. The fraction of sp³-hybridized carbons (Fsp3) is 0.286. The number of amides is 2. The third kappa shape index (κ3) is 4.82. The first kappa shape index (κ1) is 18.4. The fourth-order valence-corrected chi connectivity index (χ4v) is 3.87. The van der Waals surface area contributed by atoms with Crippen molar-refractivity contribution in [1.82, 2.24) is 5.32 Å². The van der Waals surface area contributed by atoms with Gasteiger partial charge in [0.15, 0.2) is 5.78 Å². The van der Waals surface area contributed by atoms with Crippen LogP contribution in [0.1, 0.15) is 47.2 Å². The number of benzene rings is 2. The Hall–Kier alpha value is -2.40. The van der Waals surface area contributed by atoms with Crippen LogP contribution in [0.4, 0.5) is 4.79 Å². The molecule has 0 bridgehead atoms. The number of hydrogen-bond acceptors (Lipinski definition) is 4. The molecule has 2 amide bonds. The number of hydrogen-bond donors (Lipinski definition) is 1. The van der Waals surface area contributed by atoms with Crippen molar-refractivity contribution < 1.29 is 14.4 Å². The van der Waals surface area contributed by atoms with Crippen LogP contribution in [0, 0.1) is 0 Å². The molecular formula is C21H21NO3S. The number of unbranched alkanes of at least 4 members (excludes halogenated alkanes) is 2. The maximum atomic E-state index is 12.4. The predicted molar refractivity (Wildman–Crippen MR) is 103 cm³/mol. The summed E-state index contributed by atoms with van der Waals surface area (Å²) in [5.74, 6) is -0.113. The van der Waals surface area contributed by atoms with Crippen LogP contribution in [0.5, 0.6) is 0 Å². The Morgan fingerprint density at radius 2 is 1.58 bits per heavy atom. The third-order valence-corrected chi connectivity index (χ3v) is 5.50. The first-order valence-corrected chi connectivity index (χ1v) is 9.71. The van der Waals surface area contributed by atoms with Crippen molar-refractivity contribution in [3.05, 3.63) is 71.3 Å². The zero-order valence-electron chi connectivity index (χ0n) is 14.4. The maximum Gasteiger partial charge on any atom is 0.286 e. The zero-order chi connectivity index (χ0) is 18.4. The molecular weight excluding hydrogens is 346 g/mol. The van der Waals surface area contributed by atoms with E-state index in [1.54, 1.807) is 0 Å². The molecule has 1 atom stereocenters. The molecule has 1 aliphatic heterocycles. The monoisotopic (exact) mass is 367 g/mol. The van der Waals surface area contributed by atoms with Crippen LogP contribution in [0.2, 0.25) is 0 Å². The second-order valence-electron chi connectivity index (χ2n) is 6.37. The minimum Gasteiger partial charge on any atom is -0.289 e. The average Bonchev–Trinajstić information content (AvgIpc) is 2.99. The highest BCUT2D eigenvalue weighted by Gasteiger charge is 2.30. The molecule has 134 valence electrons. The molecule has 0 aromatic heterocycles. The Labute approximate surface area is 157 Å². The molecule has 1 aliphatic rings. The van der Waals surface area contributed by atoms with E-state index in [4.69, 9.17) is 0 Å². The molecule has 0 saturated carbocycles. The topological polar surface area (TPSA) is 63.2 Å². The first-order chi connectivity index (χ1) is 12.6. The van der Waals surface area contributed by atoms with Gasteiger partial charge >= 0.3 is 0 Å². The quantitative estimate of drug-likeness (QED) is 0.556. The summed E-state index contributed by atoms with van der Waals surface area (Å²) in [6.45, 7) is 0. The molecule has 3 rings (SSSR count). The lowest BCUT2D eigenvalue weighted by Gasteiger charge is -2.06. The number of ketones is 1. The Morgan fingerprint density at radius 3 is 2.23 bits per heavy atom. The van der Waals surface area contributed by atoms with Crippen molar-refractivity contribution in [2.75, 3.05) is 0 Å². The van der Waals surface area contributed by atoms with Crippen LogP contribution < -0.4 is 5.32 Å². The van der Waals surface area contributed by atoms with E-state index >= 15 is 0 Å². The molecule has 2 aromatic carbocycles. The smallest absolute Gasteiger partial charge is 0.286 e. The molecule has 1 saturated heterocycles. The summed E-state index contributed by atoms with van der Waals surface area (Å²) in [5.41, 5.74) is 2.61. The van der Waals surface area contributed by atoms with Gasteiger partial charge < -0.3 is 0 Å². The molecule has 1 unspecified atom stereocenters. The SMILES string of the molecule is O=C1NC(=O)C(CCCCCc2ccc(C(=O)c3ccccc3)cc2)S1. The molecule has 26 heavy (non-hydrogen) atoms. The van der Waals surface area contributed by atoms with Crippen molar-refractivity contribution in [2.45, 2.75) is 37.4 Å². The number of nitrogens with one attached hydrogen (secondary N) is 1. The van der Waals surface area contributed by atoms with Crippen molar-refractivity contribution >= 4 is 28.7 Å². The molecule has 0 aliphatic carbocycles. The first-order valence-electron chi connectivity index (χ1n) is 8.83. The Morgan fingerprint density at radius 1 is 0.885 bits per heavy atom. The van der Waals surface area contributed by atoms with E-state index in [9.17, 15) is 14.4 Å². The highest BCUT2D eigenvalue weighted by molar-refractivity contribution is 8.15. The van der Waals surface area contributed by atoms with E-state index in [0.29, 0.717) is 11.1 Å². The van der Waals surface area contributed by atoms with Crippen molar-refractivity contribution in [3.8, 4) is 0 Å². The van der Waals surface area contributed by atoms with Crippen LogP contribution in [0.25, 0.3) is 0 Å². The number of aryl methyl sites for hydroxylation is 1. The van der Waals surface area contributed by atoms with Gasteiger partial charge in [-0.2, -0.15) is 0 Å². The molecule has 1 heterocycles. The summed E-state index contributed by atoms with van der Waals surface area (Å²) >= 11 is 1.10. The van der Waals surface area contributed by atoms with Gasteiger partial charge in [0.1, 0.15) is 0 Å². The summed E-state index contributed by atoms with van der Waals surface area (Å²) in [5, 5.41) is 1.87. The Kier molecular flexibility index (Phi) is 6.23. The number of thioether (sulfide) groups is 1. The summed E-state index contributed by atoms with van der Waals surface area (Å²) < 4.78 is 0. The number of carbonyl (C=O) groups is 3. The highest BCUT2D eigenvalue weighted by Crippen LogP contribution is 2.24. The minimum atomic E-state index is -0.231. The van der Waals surface area contributed by atoms with Gasteiger partial charge in [-0.05, 0) is 24.8 Å². The van der Waals surface area contributed by atoms with Crippen LogP contribution in [-0.2, 0) is 11.2 Å². The summed E-state index contributed by atoms with van der Waals surface area (Å²) in [7, 11) is 0. The van der Waals surface area contributed by atoms with Crippen molar-refractivity contribution in [2.24, 2.45) is 0 Å². The molecule has 2 aromatic rings. The summed E-state index contributed by atoms with van der Waals surface area (Å²) in [4.78, 5) is 35.0. The molecule has 0 radical (unpaired) electrons. The van der Waals surface area contributed by atoms with Crippen LogP contribution in [-0.4, -0.2) is 22.2 Å². The van der Waals surface area contributed by atoms with E-state index in [2.05, 4.69) is 5.32 Å². The molecule has 1 N–H and O–H groups in total. The van der Waals surface area contributed by atoms with E-state index in [1.807, 2.05) is 54.6 Å². The summed E-state index contributed by atoms with van der Waals surface area (Å²) in [6, 6.07) is 17.1. The minimum absolute atomic E-state index is 0.0408. The number of rotatable bonds is 8. The van der Waals surface area contributed by atoms with Crippen LogP contribution >= 0.6 is 11.8 Å². The molecule has 4 nitrogen and oxygen atoms in total. The normalized spacial score (nSPS) is 16.5. The number of imide groups is 1. The standard InChI is InChI=1S/C21H21NO3S/c23-19(16-8-4-2-5-9-16)17-13-11-15(12-14-17)7-3-1-6-10-18-20(24)22-21(25)26-18/h2,4-5,8-9,11-14,18H,1,3,6-7,10H2,(H,22,24,25). The van der Waals surface area contributed by atoms with Crippen molar-refractivity contribution in [1.29, 1.82) is 0 Å². The maximum absolute atomic E-state index is 12.4. The Balaban J connectivity index is 1.41. The lowest BCUT2D eigenvalue weighted by Crippen LogP contribution is -2.24. The molecule has 5 heteroatoms.